The second-order valence-corrected chi connectivity index (χ2v) is 6.84. The van der Waals surface area contributed by atoms with Gasteiger partial charge in [0.05, 0.1) is 5.56 Å². The van der Waals surface area contributed by atoms with Crippen LogP contribution in [0.5, 0.6) is 0 Å². The third kappa shape index (κ3) is 3.71. The van der Waals surface area contributed by atoms with E-state index in [0.29, 0.717) is 0 Å². The molecule has 1 amide bonds. The number of rotatable bonds is 3. The number of alkyl halides is 2. The zero-order valence-corrected chi connectivity index (χ0v) is 15.4. The van der Waals surface area contributed by atoms with E-state index >= 15 is 0 Å². The Kier molecular flexibility index (Phi) is 4.92. The molecule has 0 saturated heterocycles. The molecule has 3 N–H and O–H groups in total. The lowest BCUT2D eigenvalue weighted by atomic mass is 9.88. The minimum Gasteiger partial charge on any atom is -0.453 e. The maximum atomic E-state index is 14.8. The normalized spacial score (nSPS) is 19.4. The molecule has 0 saturated carbocycles. The Bertz CT molecular complexity index is 1030. The Labute approximate surface area is 164 Å². The SMILES string of the molecule is CC1(C)OC(N)=NC(c2cc(NC(=O)c3ccc(C#N)cn3)ccc2F)C1(F)F. The molecule has 0 spiro atoms. The molecule has 0 bridgehead atoms. The fourth-order valence-corrected chi connectivity index (χ4v) is 2.78. The molecule has 2 aromatic rings. The molecule has 0 aliphatic carbocycles. The van der Waals surface area contributed by atoms with E-state index in [1.807, 2.05) is 6.07 Å². The number of amides is 1. The monoisotopic (exact) mass is 403 g/mol. The second kappa shape index (κ2) is 7.09. The van der Waals surface area contributed by atoms with Gasteiger partial charge in [0.25, 0.3) is 11.9 Å². The lowest BCUT2D eigenvalue weighted by molar-refractivity contribution is -0.180. The van der Waals surface area contributed by atoms with Crippen LogP contribution >= 0.6 is 0 Å². The molecular weight excluding hydrogens is 387 g/mol. The molecule has 1 aromatic heterocycles. The van der Waals surface area contributed by atoms with E-state index in [2.05, 4.69) is 15.3 Å². The Morgan fingerprint density at radius 1 is 1.31 bits per heavy atom. The molecule has 0 radical (unpaired) electrons. The fourth-order valence-electron chi connectivity index (χ4n) is 2.78. The molecule has 7 nitrogen and oxygen atoms in total. The highest BCUT2D eigenvalue weighted by molar-refractivity contribution is 6.02. The van der Waals surface area contributed by atoms with E-state index in [1.54, 1.807) is 0 Å². The number of aromatic nitrogens is 1. The van der Waals surface area contributed by atoms with E-state index in [1.165, 1.54) is 24.4 Å². The van der Waals surface area contributed by atoms with E-state index in [9.17, 15) is 18.0 Å². The number of hydrogen-bond acceptors (Lipinski definition) is 6. The van der Waals surface area contributed by atoms with Crippen molar-refractivity contribution in [2.24, 2.45) is 10.7 Å². The average molecular weight is 403 g/mol. The van der Waals surface area contributed by atoms with Gasteiger partial charge >= 0.3 is 5.92 Å². The molecule has 1 aromatic carbocycles. The number of benzene rings is 1. The summed E-state index contributed by atoms with van der Waals surface area (Å²) < 4.78 is 49.0. The molecule has 0 fully saturated rings. The number of amidine groups is 1. The number of anilines is 1. The predicted octanol–water partition coefficient (Wildman–Crippen LogP) is 3.14. The van der Waals surface area contributed by atoms with E-state index in [4.69, 9.17) is 15.7 Å². The molecule has 1 aliphatic heterocycles. The smallest absolute Gasteiger partial charge is 0.312 e. The number of carbonyl (C=O) groups is 1. The van der Waals surface area contributed by atoms with Gasteiger partial charge in [0.15, 0.2) is 11.6 Å². The van der Waals surface area contributed by atoms with Crippen molar-refractivity contribution < 1.29 is 22.7 Å². The van der Waals surface area contributed by atoms with Crippen molar-refractivity contribution in [1.82, 2.24) is 4.98 Å². The second-order valence-electron chi connectivity index (χ2n) is 6.84. The van der Waals surface area contributed by atoms with E-state index in [-0.39, 0.29) is 16.9 Å². The zero-order valence-electron chi connectivity index (χ0n) is 15.4. The first-order chi connectivity index (χ1) is 13.5. The maximum Gasteiger partial charge on any atom is 0.312 e. The zero-order chi connectivity index (χ0) is 21.4. The van der Waals surface area contributed by atoms with Crippen LogP contribution < -0.4 is 11.1 Å². The van der Waals surface area contributed by atoms with Crippen LogP contribution in [-0.2, 0) is 4.74 Å². The lowest BCUT2D eigenvalue weighted by Gasteiger charge is -2.41. The first-order valence-corrected chi connectivity index (χ1v) is 8.42. The third-order valence-corrected chi connectivity index (χ3v) is 4.44. The van der Waals surface area contributed by atoms with Crippen LogP contribution in [0.25, 0.3) is 0 Å². The Morgan fingerprint density at radius 3 is 2.66 bits per heavy atom. The molecule has 3 rings (SSSR count). The molecule has 1 aliphatic rings. The highest BCUT2D eigenvalue weighted by atomic mass is 19.3. The number of nitrogens with two attached hydrogens (primary N) is 1. The number of nitriles is 1. The summed E-state index contributed by atoms with van der Waals surface area (Å²) in [4.78, 5) is 19.7. The highest BCUT2D eigenvalue weighted by Gasteiger charge is 2.59. The number of aliphatic imine (C=N–C) groups is 1. The van der Waals surface area contributed by atoms with Gasteiger partial charge in [-0.25, -0.2) is 14.4 Å². The van der Waals surface area contributed by atoms with Crippen molar-refractivity contribution in [2.75, 3.05) is 5.32 Å². The van der Waals surface area contributed by atoms with Crippen LogP contribution in [0.3, 0.4) is 0 Å². The first kappa shape index (κ1) is 20.1. The van der Waals surface area contributed by atoms with Crippen LogP contribution in [0.15, 0.2) is 41.5 Å². The highest BCUT2D eigenvalue weighted by Crippen LogP contribution is 2.47. The molecule has 150 valence electrons. The number of halogens is 3. The number of carbonyl (C=O) groups excluding carboxylic acids is 1. The predicted molar refractivity (Wildman–Crippen MR) is 97.8 cm³/mol. The number of nitrogens with zero attached hydrogens (tertiary/aromatic N) is 3. The van der Waals surface area contributed by atoms with Gasteiger partial charge in [-0.1, -0.05) is 0 Å². The Hall–Kier alpha value is -3.61. The van der Waals surface area contributed by atoms with Gasteiger partial charge in [-0.05, 0) is 44.2 Å². The van der Waals surface area contributed by atoms with Crippen LogP contribution in [0.4, 0.5) is 18.9 Å². The summed E-state index contributed by atoms with van der Waals surface area (Å²) >= 11 is 0. The van der Waals surface area contributed by atoms with Gasteiger partial charge < -0.3 is 15.8 Å². The van der Waals surface area contributed by atoms with Gasteiger partial charge in [0.2, 0.25) is 0 Å². The summed E-state index contributed by atoms with van der Waals surface area (Å²) in [5.41, 5.74) is 3.37. The number of ether oxygens (including phenoxy) is 1. The van der Waals surface area contributed by atoms with Gasteiger partial charge in [0, 0.05) is 17.4 Å². The molecule has 2 heterocycles. The number of hydrogen-bond donors (Lipinski definition) is 2. The lowest BCUT2D eigenvalue weighted by Crippen LogP contribution is -2.54. The summed E-state index contributed by atoms with van der Waals surface area (Å²) in [5, 5.41) is 11.2. The van der Waals surface area contributed by atoms with Gasteiger partial charge in [-0.3, -0.25) is 4.79 Å². The minimum atomic E-state index is -3.58. The van der Waals surface area contributed by atoms with Crippen LogP contribution in [-0.4, -0.2) is 28.4 Å². The largest absolute Gasteiger partial charge is 0.453 e. The Morgan fingerprint density at radius 2 is 2.03 bits per heavy atom. The number of nitrogens with one attached hydrogen (secondary N) is 1. The van der Waals surface area contributed by atoms with Gasteiger partial charge in [0.1, 0.15) is 17.6 Å². The summed E-state index contributed by atoms with van der Waals surface area (Å²) in [6.45, 7) is 2.25. The Balaban J connectivity index is 1.93. The molecule has 1 unspecified atom stereocenters. The van der Waals surface area contributed by atoms with Crippen LogP contribution in [0, 0.1) is 17.1 Å². The molecule has 29 heavy (non-hydrogen) atoms. The van der Waals surface area contributed by atoms with Gasteiger partial charge in [-0.2, -0.15) is 14.0 Å². The fraction of sp³-hybridized carbons (Fsp3) is 0.263. The van der Waals surface area contributed by atoms with Crippen molar-refractivity contribution in [3.8, 4) is 6.07 Å². The average Bonchev–Trinajstić information content (AvgIpc) is 2.66. The summed E-state index contributed by atoms with van der Waals surface area (Å²) in [5.74, 6) is -5.17. The van der Waals surface area contributed by atoms with Crippen molar-refractivity contribution >= 4 is 17.6 Å². The van der Waals surface area contributed by atoms with Crippen molar-refractivity contribution in [3.63, 3.8) is 0 Å². The topological polar surface area (TPSA) is 113 Å². The van der Waals surface area contributed by atoms with E-state index in [0.717, 1.165) is 26.0 Å². The third-order valence-electron chi connectivity index (χ3n) is 4.44. The van der Waals surface area contributed by atoms with Crippen LogP contribution in [0.1, 0.15) is 41.5 Å². The first-order valence-electron chi connectivity index (χ1n) is 8.42. The van der Waals surface area contributed by atoms with Crippen molar-refractivity contribution in [1.29, 1.82) is 5.26 Å². The minimum absolute atomic E-state index is 0.00494. The number of pyridine rings is 1. The summed E-state index contributed by atoms with van der Waals surface area (Å²) in [6.07, 6.45) is 1.22. The summed E-state index contributed by atoms with van der Waals surface area (Å²) in [7, 11) is 0. The summed E-state index contributed by atoms with van der Waals surface area (Å²) in [6, 6.07) is 5.41. The van der Waals surface area contributed by atoms with Gasteiger partial charge in [-0.15, -0.1) is 0 Å². The molecular formula is C19H16F3N5O2. The quantitative estimate of drug-likeness (QED) is 0.817. The van der Waals surface area contributed by atoms with Crippen molar-refractivity contribution in [3.05, 3.63) is 59.2 Å². The molecule has 1 atom stereocenters. The van der Waals surface area contributed by atoms with E-state index < -0.39 is 40.9 Å². The van der Waals surface area contributed by atoms with Crippen LogP contribution in [0.2, 0.25) is 0 Å². The van der Waals surface area contributed by atoms with Crippen molar-refractivity contribution in [2.45, 2.75) is 31.4 Å². The maximum absolute atomic E-state index is 14.8. The standard InChI is InChI=1S/C19H16F3N5O2/c1-18(2)19(21,22)15(27-17(24)29-18)12-7-11(4-5-13(12)20)26-16(28)14-6-3-10(8-23)9-25-14/h3-7,9,15H,1-2H3,(H2,24,27)(H,26,28). The molecule has 10 heteroatoms.